The van der Waals surface area contributed by atoms with Crippen molar-refractivity contribution in [1.29, 1.82) is 0 Å². The van der Waals surface area contributed by atoms with Crippen molar-refractivity contribution in [3.8, 4) is 17.1 Å². The standard InChI is InChI=1S/C20H22N6O3S/c1-13-6-5-7-14(10-13)19-24-25-20(30)26(19)12-18(28)23-22-17(27)11-21-15-8-3-4-9-16(15)29-2/h3-10,21H,11-12H2,1-2H3,(H,22,27)(H,23,28)(H,25,30). The van der Waals surface area contributed by atoms with Crippen molar-refractivity contribution in [3.05, 3.63) is 58.9 Å². The van der Waals surface area contributed by atoms with Crippen molar-refractivity contribution >= 4 is 29.7 Å². The maximum absolute atomic E-state index is 12.3. The number of hydrogen-bond acceptors (Lipinski definition) is 6. The molecule has 0 spiro atoms. The largest absolute Gasteiger partial charge is 0.495 e. The number of anilines is 1. The molecule has 0 radical (unpaired) electrons. The van der Waals surface area contributed by atoms with Crippen LogP contribution in [0.4, 0.5) is 5.69 Å². The zero-order valence-corrected chi connectivity index (χ0v) is 17.4. The van der Waals surface area contributed by atoms with E-state index in [1.54, 1.807) is 23.8 Å². The summed E-state index contributed by atoms with van der Waals surface area (Å²) in [5, 5.41) is 9.87. The van der Waals surface area contributed by atoms with Crippen LogP contribution < -0.4 is 20.9 Å². The highest BCUT2D eigenvalue weighted by Gasteiger charge is 2.13. The minimum atomic E-state index is -0.438. The molecular weight excluding hydrogens is 404 g/mol. The fraction of sp³-hybridized carbons (Fsp3) is 0.200. The van der Waals surface area contributed by atoms with Crippen molar-refractivity contribution in [1.82, 2.24) is 25.6 Å². The molecule has 3 rings (SSSR count). The molecule has 2 aromatic carbocycles. The number of methoxy groups -OCH3 is 1. The van der Waals surface area contributed by atoms with Crippen molar-refractivity contribution in [2.24, 2.45) is 0 Å². The first-order valence-corrected chi connectivity index (χ1v) is 9.55. The van der Waals surface area contributed by atoms with Crippen LogP contribution in [0.15, 0.2) is 48.5 Å². The molecule has 0 atom stereocenters. The molecule has 9 nitrogen and oxygen atoms in total. The number of para-hydroxylation sites is 2. The van der Waals surface area contributed by atoms with Crippen LogP contribution in [0.3, 0.4) is 0 Å². The monoisotopic (exact) mass is 426 g/mol. The molecule has 0 aliphatic heterocycles. The van der Waals surface area contributed by atoms with Gasteiger partial charge in [0.25, 0.3) is 11.8 Å². The number of aromatic amines is 1. The van der Waals surface area contributed by atoms with Crippen LogP contribution >= 0.6 is 12.2 Å². The van der Waals surface area contributed by atoms with E-state index < -0.39 is 11.8 Å². The maximum Gasteiger partial charge on any atom is 0.258 e. The first kappa shape index (κ1) is 21.1. The summed E-state index contributed by atoms with van der Waals surface area (Å²) in [5.41, 5.74) is 7.33. The molecule has 156 valence electrons. The SMILES string of the molecule is COc1ccccc1NCC(=O)NNC(=O)Cn1c(-c2cccc(C)c2)n[nH]c1=S. The van der Waals surface area contributed by atoms with Gasteiger partial charge in [0.2, 0.25) is 0 Å². The van der Waals surface area contributed by atoms with Crippen LogP contribution in [0.2, 0.25) is 0 Å². The first-order chi connectivity index (χ1) is 14.5. The number of ether oxygens (including phenoxy) is 1. The third-order valence-corrected chi connectivity index (χ3v) is 4.54. The number of carbonyl (C=O) groups is 2. The highest BCUT2D eigenvalue weighted by Crippen LogP contribution is 2.22. The zero-order valence-electron chi connectivity index (χ0n) is 16.6. The highest BCUT2D eigenvalue weighted by molar-refractivity contribution is 7.71. The molecule has 2 amide bonds. The number of carbonyl (C=O) groups excluding carboxylic acids is 2. The van der Waals surface area contributed by atoms with Crippen LogP contribution in [0.1, 0.15) is 5.56 Å². The summed E-state index contributed by atoms with van der Waals surface area (Å²) in [6.45, 7) is 1.83. The molecule has 0 aliphatic rings. The Morgan fingerprint density at radius 1 is 1.13 bits per heavy atom. The summed E-state index contributed by atoms with van der Waals surface area (Å²) in [6, 6.07) is 14.9. The average molecular weight is 427 g/mol. The van der Waals surface area contributed by atoms with Crippen LogP contribution in [-0.4, -0.2) is 40.2 Å². The molecular formula is C20H22N6O3S. The number of aryl methyl sites for hydroxylation is 1. The number of amides is 2. The van der Waals surface area contributed by atoms with Gasteiger partial charge in [-0.2, -0.15) is 5.10 Å². The van der Waals surface area contributed by atoms with Gasteiger partial charge in [-0.1, -0.05) is 35.9 Å². The summed E-state index contributed by atoms with van der Waals surface area (Å²) < 4.78 is 7.09. The Bertz CT molecular complexity index is 1110. The van der Waals surface area contributed by atoms with Crippen LogP contribution in [0.25, 0.3) is 11.4 Å². The van der Waals surface area contributed by atoms with Gasteiger partial charge < -0.3 is 10.1 Å². The third kappa shape index (κ3) is 5.23. The maximum atomic E-state index is 12.3. The molecule has 1 aromatic heterocycles. The molecule has 10 heteroatoms. The van der Waals surface area contributed by atoms with Crippen molar-refractivity contribution < 1.29 is 14.3 Å². The van der Waals surface area contributed by atoms with E-state index in [-0.39, 0.29) is 13.1 Å². The van der Waals surface area contributed by atoms with E-state index in [0.29, 0.717) is 22.0 Å². The van der Waals surface area contributed by atoms with E-state index in [1.807, 2.05) is 43.3 Å². The number of benzene rings is 2. The second-order valence-electron chi connectivity index (χ2n) is 6.46. The van der Waals surface area contributed by atoms with E-state index >= 15 is 0 Å². The van der Waals surface area contributed by atoms with E-state index in [2.05, 4.69) is 26.4 Å². The number of aromatic nitrogens is 3. The highest BCUT2D eigenvalue weighted by atomic mass is 32.1. The van der Waals surface area contributed by atoms with Crippen molar-refractivity contribution in [2.75, 3.05) is 19.0 Å². The summed E-state index contributed by atoms with van der Waals surface area (Å²) in [6.07, 6.45) is 0. The number of hydrazine groups is 1. The van der Waals surface area contributed by atoms with E-state index in [4.69, 9.17) is 17.0 Å². The fourth-order valence-corrected chi connectivity index (χ4v) is 3.00. The van der Waals surface area contributed by atoms with Gasteiger partial charge >= 0.3 is 0 Å². The van der Waals surface area contributed by atoms with Crippen molar-refractivity contribution in [3.63, 3.8) is 0 Å². The lowest BCUT2D eigenvalue weighted by molar-refractivity contribution is -0.128. The van der Waals surface area contributed by atoms with Gasteiger partial charge in [0.1, 0.15) is 12.3 Å². The van der Waals surface area contributed by atoms with Gasteiger partial charge in [-0.05, 0) is 37.3 Å². The molecule has 0 saturated heterocycles. The number of nitrogens with one attached hydrogen (secondary N) is 4. The predicted molar refractivity (Wildman–Crippen MR) is 115 cm³/mol. The lowest BCUT2D eigenvalue weighted by Gasteiger charge is -2.12. The fourth-order valence-electron chi connectivity index (χ4n) is 2.80. The molecule has 0 bridgehead atoms. The minimum absolute atomic E-state index is 0.0413. The topological polar surface area (TPSA) is 113 Å². The van der Waals surface area contributed by atoms with E-state index in [0.717, 1.165) is 11.1 Å². The van der Waals surface area contributed by atoms with Crippen LogP contribution in [0, 0.1) is 11.7 Å². The molecule has 0 saturated carbocycles. The minimum Gasteiger partial charge on any atom is -0.495 e. The Hall–Kier alpha value is -3.66. The number of hydrogen-bond donors (Lipinski definition) is 4. The third-order valence-electron chi connectivity index (χ3n) is 4.22. The molecule has 0 aliphatic carbocycles. The number of nitrogens with zero attached hydrogens (tertiary/aromatic N) is 2. The molecule has 3 aromatic rings. The molecule has 0 unspecified atom stereocenters. The molecule has 30 heavy (non-hydrogen) atoms. The number of rotatable bonds is 7. The lowest BCUT2D eigenvalue weighted by atomic mass is 10.1. The Kier molecular flexibility index (Phi) is 6.81. The van der Waals surface area contributed by atoms with Crippen LogP contribution in [-0.2, 0) is 16.1 Å². The molecule has 4 N–H and O–H groups in total. The summed E-state index contributed by atoms with van der Waals surface area (Å²) in [7, 11) is 1.55. The van der Waals surface area contributed by atoms with E-state index in [1.165, 1.54) is 0 Å². The Morgan fingerprint density at radius 3 is 2.67 bits per heavy atom. The first-order valence-electron chi connectivity index (χ1n) is 9.14. The van der Waals surface area contributed by atoms with Crippen molar-refractivity contribution in [2.45, 2.75) is 13.5 Å². The summed E-state index contributed by atoms with van der Waals surface area (Å²) in [5.74, 6) is 0.311. The van der Waals surface area contributed by atoms with Gasteiger partial charge in [-0.3, -0.25) is 30.1 Å². The summed E-state index contributed by atoms with van der Waals surface area (Å²) >= 11 is 5.23. The Morgan fingerprint density at radius 2 is 1.90 bits per heavy atom. The van der Waals surface area contributed by atoms with Gasteiger partial charge in [0.15, 0.2) is 10.6 Å². The van der Waals surface area contributed by atoms with Gasteiger partial charge in [-0.15, -0.1) is 0 Å². The normalized spacial score (nSPS) is 10.3. The van der Waals surface area contributed by atoms with Crippen LogP contribution in [0.5, 0.6) is 5.75 Å². The quantitative estimate of drug-likeness (QED) is 0.340. The summed E-state index contributed by atoms with van der Waals surface area (Å²) in [4.78, 5) is 24.4. The van der Waals surface area contributed by atoms with E-state index in [9.17, 15) is 9.59 Å². The molecule has 0 fully saturated rings. The second kappa shape index (κ2) is 9.70. The smallest absolute Gasteiger partial charge is 0.258 e. The van der Waals surface area contributed by atoms with Gasteiger partial charge in [0.05, 0.1) is 19.3 Å². The van der Waals surface area contributed by atoms with Gasteiger partial charge in [0, 0.05) is 5.56 Å². The predicted octanol–water partition coefficient (Wildman–Crippen LogP) is 2.18. The second-order valence-corrected chi connectivity index (χ2v) is 6.84. The zero-order chi connectivity index (χ0) is 21.5. The average Bonchev–Trinajstić information content (AvgIpc) is 3.11. The molecule has 1 heterocycles. The van der Waals surface area contributed by atoms with Gasteiger partial charge in [-0.25, -0.2) is 0 Å². The Labute approximate surface area is 178 Å². The lowest BCUT2D eigenvalue weighted by Crippen LogP contribution is -2.45. The Balaban J connectivity index is 1.56. The number of H-pyrrole nitrogens is 1.